The predicted molar refractivity (Wildman–Crippen MR) is 37.9 cm³/mol. The van der Waals surface area contributed by atoms with Gasteiger partial charge in [-0.05, 0) is 13.3 Å². The SMILES string of the molecule is C/C=C(\CC)NC(C)=O. The molecule has 0 heterocycles. The van der Waals surface area contributed by atoms with Crippen molar-refractivity contribution in [2.24, 2.45) is 0 Å². The molecule has 0 saturated heterocycles. The Bertz CT molecular complexity index is 127. The van der Waals surface area contributed by atoms with E-state index >= 15 is 0 Å². The number of nitrogens with one attached hydrogen (secondary N) is 1. The zero-order valence-corrected chi connectivity index (χ0v) is 6.19. The van der Waals surface area contributed by atoms with E-state index in [0.29, 0.717) is 0 Å². The van der Waals surface area contributed by atoms with E-state index in [-0.39, 0.29) is 5.91 Å². The second kappa shape index (κ2) is 4.13. The Kier molecular flexibility index (Phi) is 3.76. The second-order valence-corrected chi connectivity index (χ2v) is 1.85. The van der Waals surface area contributed by atoms with Crippen molar-refractivity contribution in [2.45, 2.75) is 27.2 Å². The molecule has 0 aliphatic rings. The van der Waals surface area contributed by atoms with Gasteiger partial charge in [-0.2, -0.15) is 0 Å². The molecule has 0 aromatic carbocycles. The first-order valence-electron chi connectivity index (χ1n) is 3.13. The lowest BCUT2D eigenvalue weighted by atomic mass is 10.3. The van der Waals surface area contributed by atoms with Crippen LogP contribution in [0.1, 0.15) is 27.2 Å². The van der Waals surface area contributed by atoms with Crippen LogP contribution < -0.4 is 5.32 Å². The molecule has 0 unspecified atom stereocenters. The van der Waals surface area contributed by atoms with E-state index in [4.69, 9.17) is 0 Å². The van der Waals surface area contributed by atoms with Gasteiger partial charge in [0.25, 0.3) is 0 Å². The van der Waals surface area contributed by atoms with Crippen LogP contribution in [-0.2, 0) is 4.79 Å². The quantitative estimate of drug-likeness (QED) is 0.597. The average Bonchev–Trinajstić information content (AvgIpc) is 1.82. The van der Waals surface area contributed by atoms with E-state index in [0.717, 1.165) is 12.1 Å². The van der Waals surface area contributed by atoms with Crippen molar-refractivity contribution in [3.8, 4) is 0 Å². The van der Waals surface area contributed by atoms with Gasteiger partial charge in [0.05, 0.1) is 0 Å². The number of hydrogen-bond acceptors (Lipinski definition) is 1. The summed E-state index contributed by atoms with van der Waals surface area (Å²) in [5.74, 6) is 0.00458. The predicted octanol–water partition coefficient (Wildman–Crippen LogP) is 1.44. The number of hydrogen-bond donors (Lipinski definition) is 1. The molecule has 1 N–H and O–H groups in total. The number of rotatable bonds is 2. The summed E-state index contributed by atoms with van der Waals surface area (Å²) >= 11 is 0. The van der Waals surface area contributed by atoms with Gasteiger partial charge >= 0.3 is 0 Å². The first-order chi connectivity index (χ1) is 4.20. The van der Waals surface area contributed by atoms with E-state index < -0.39 is 0 Å². The largest absolute Gasteiger partial charge is 0.330 e. The molecule has 0 aliphatic heterocycles. The fraction of sp³-hybridized carbons (Fsp3) is 0.571. The molecule has 0 atom stereocenters. The molecule has 0 aromatic rings. The Balaban J connectivity index is 3.71. The third-order valence-electron chi connectivity index (χ3n) is 1.07. The van der Waals surface area contributed by atoms with Gasteiger partial charge in [-0.1, -0.05) is 13.0 Å². The molecular weight excluding hydrogens is 114 g/mol. The maximum absolute atomic E-state index is 10.4. The third-order valence-corrected chi connectivity index (χ3v) is 1.07. The standard InChI is InChI=1S/C7H13NO/c1-4-7(5-2)8-6(3)9/h4H,5H2,1-3H3,(H,8,9)/b7-4+. The number of amides is 1. The fourth-order valence-corrected chi connectivity index (χ4v) is 0.591. The summed E-state index contributed by atoms with van der Waals surface area (Å²) < 4.78 is 0. The van der Waals surface area contributed by atoms with Crippen LogP contribution in [0, 0.1) is 0 Å². The van der Waals surface area contributed by atoms with Crippen LogP contribution >= 0.6 is 0 Å². The lowest BCUT2D eigenvalue weighted by Gasteiger charge is -2.01. The Morgan fingerprint density at radius 2 is 2.22 bits per heavy atom. The van der Waals surface area contributed by atoms with Gasteiger partial charge in [-0.25, -0.2) is 0 Å². The summed E-state index contributed by atoms with van der Waals surface area (Å²) in [6.45, 7) is 5.43. The van der Waals surface area contributed by atoms with Crippen molar-refractivity contribution in [1.29, 1.82) is 0 Å². The highest BCUT2D eigenvalue weighted by Crippen LogP contribution is 1.92. The van der Waals surface area contributed by atoms with Crippen molar-refractivity contribution in [3.63, 3.8) is 0 Å². The maximum atomic E-state index is 10.4. The maximum Gasteiger partial charge on any atom is 0.220 e. The Labute approximate surface area is 56.0 Å². The molecule has 0 fully saturated rings. The minimum absolute atomic E-state index is 0.00458. The molecule has 0 spiro atoms. The van der Waals surface area contributed by atoms with Gasteiger partial charge in [0.15, 0.2) is 0 Å². The van der Waals surface area contributed by atoms with Crippen LogP contribution in [-0.4, -0.2) is 5.91 Å². The van der Waals surface area contributed by atoms with E-state index in [1.807, 2.05) is 19.9 Å². The molecule has 0 rings (SSSR count). The van der Waals surface area contributed by atoms with Crippen molar-refractivity contribution < 1.29 is 4.79 Å². The van der Waals surface area contributed by atoms with Crippen LogP contribution in [0.15, 0.2) is 11.8 Å². The summed E-state index contributed by atoms with van der Waals surface area (Å²) in [7, 11) is 0. The van der Waals surface area contributed by atoms with Crippen molar-refractivity contribution in [3.05, 3.63) is 11.8 Å². The summed E-state index contributed by atoms with van der Waals surface area (Å²) in [4.78, 5) is 10.4. The molecule has 0 aromatic heterocycles. The first-order valence-corrected chi connectivity index (χ1v) is 3.13. The van der Waals surface area contributed by atoms with E-state index in [9.17, 15) is 4.79 Å². The zero-order valence-electron chi connectivity index (χ0n) is 6.19. The second-order valence-electron chi connectivity index (χ2n) is 1.85. The van der Waals surface area contributed by atoms with E-state index in [1.165, 1.54) is 6.92 Å². The zero-order chi connectivity index (χ0) is 7.28. The highest BCUT2D eigenvalue weighted by Gasteiger charge is 1.92. The van der Waals surface area contributed by atoms with Gasteiger partial charge in [0, 0.05) is 12.6 Å². The summed E-state index contributed by atoms with van der Waals surface area (Å²) in [6.07, 6.45) is 2.79. The van der Waals surface area contributed by atoms with Crippen molar-refractivity contribution >= 4 is 5.91 Å². The molecule has 0 radical (unpaired) electrons. The summed E-state index contributed by atoms with van der Waals surface area (Å²) in [5, 5.41) is 2.70. The van der Waals surface area contributed by atoms with Gasteiger partial charge in [0.1, 0.15) is 0 Å². The highest BCUT2D eigenvalue weighted by atomic mass is 16.1. The molecular formula is C7H13NO. The molecule has 2 nitrogen and oxygen atoms in total. The van der Waals surface area contributed by atoms with Crippen LogP contribution in [0.25, 0.3) is 0 Å². The molecule has 1 amide bonds. The van der Waals surface area contributed by atoms with Gasteiger partial charge < -0.3 is 5.32 Å². The normalized spacial score (nSPS) is 11.2. The van der Waals surface area contributed by atoms with Crippen molar-refractivity contribution in [1.82, 2.24) is 5.32 Å². The number of carbonyl (C=O) groups excluding carboxylic acids is 1. The smallest absolute Gasteiger partial charge is 0.220 e. The van der Waals surface area contributed by atoms with Crippen LogP contribution in [0.4, 0.5) is 0 Å². The van der Waals surface area contributed by atoms with Gasteiger partial charge in [0.2, 0.25) is 5.91 Å². The topological polar surface area (TPSA) is 29.1 Å². The summed E-state index contributed by atoms with van der Waals surface area (Å²) in [6, 6.07) is 0. The monoisotopic (exact) mass is 127 g/mol. The molecule has 0 aliphatic carbocycles. The number of carbonyl (C=O) groups is 1. The lowest BCUT2D eigenvalue weighted by Crippen LogP contribution is -2.18. The van der Waals surface area contributed by atoms with Crippen molar-refractivity contribution in [2.75, 3.05) is 0 Å². The molecule has 9 heavy (non-hydrogen) atoms. The Hall–Kier alpha value is -0.790. The first kappa shape index (κ1) is 8.21. The lowest BCUT2D eigenvalue weighted by molar-refractivity contribution is -0.118. The Morgan fingerprint density at radius 3 is 2.33 bits per heavy atom. The third kappa shape index (κ3) is 3.76. The molecule has 0 saturated carbocycles. The fourth-order valence-electron chi connectivity index (χ4n) is 0.591. The van der Waals surface area contributed by atoms with Crippen LogP contribution in [0.2, 0.25) is 0 Å². The van der Waals surface area contributed by atoms with E-state index in [2.05, 4.69) is 5.32 Å². The Morgan fingerprint density at radius 1 is 1.67 bits per heavy atom. The minimum atomic E-state index is 0.00458. The molecule has 52 valence electrons. The highest BCUT2D eigenvalue weighted by molar-refractivity contribution is 5.74. The van der Waals surface area contributed by atoms with Crippen LogP contribution in [0.5, 0.6) is 0 Å². The van der Waals surface area contributed by atoms with Gasteiger partial charge in [-0.3, -0.25) is 4.79 Å². The number of allylic oxidation sites excluding steroid dienone is 2. The molecule has 0 bridgehead atoms. The molecule has 2 heteroatoms. The average molecular weight is 127 g/mol. The summed E-state index contributed by atoms with van der Waals surface area (Å²) in [5.41, 5.74) is 0.988. The van der Waals surface area contributed by atoms with Gasteiger partial charge in [-0.15, -0.1) is 0 Å². The van der Waals surface area contributed by atoms with E-state index in [1.54, 1.807) is 0 Å². The minimum Gasteiger partial charge on any atom is -0.330 e. The van der Waals surface area contributed by atoms with Crippen LogP contribution in [0.3, 0.4) is 0 Å².